The first kappa shape index (κ1) is 21.2. The van der Waals surface area contributed by atoms with Gasteiger partial charge in [0.1, 0.15) is 6.54 Å². The zero-order valence-electron chi connectivity index (χ0n) is 17.4. The molecule has 0 radical (unpaired) electrons. The van der Waals surface area contributed by atoms with Gasteiger partial charge in [0.05, 0.1) is 6.54 Å². The summed E-state index contributed by atoms with van der Waals surface area (Å²) in [4.78, 5) is 25.5. The second-order valence-electron chi connectivity index (χ2n) is 7.26. The van der Waals surface area contributed by atoms with Crippen molar-refractivity contribution in [2.45, 2.75) is 39.7 Å². The van der Waals surface area contributed by atoms with Gasteiger partial charge in [-0.25, -0.2) is 0 Å². The maximum absolute atomic E-state index is 12.1. The van der Waals surface area contributed by atoms with Gasteiger partial charge >= 0.3 is 0 Å². The van der Waals surface area contributed by atoms with E-state index in [0.29, 0.717) is 11.7 Å². The van der Waals surface area contributed by atoms with Gasteiger partial charge in [0, 0.05) is 11.3 Å². The lowest BCUT2D eigenvalue weighted by Crippen LogP contribution is -2.35. The second kappa shape index (κ2) is 9.78. The number of aryl methyl sites for hydroxylation is 1. The third-order valence-electron chi connectivity index (χ3n) is 4.69. The number of nitrogens with one attached hydrogen (secondary N) is 2. The number of hydrogen-bond donors (Lipinski definition) is 2. The topological polar surface area (TPSA) is 102 Å². The molecule has 0 aliphatic rings. The minimum atomic E-state index is -0.368. The molecule has 156 valence electrons. The van der Waals surface area contributed by atoms with Gasteiger partial charge < -0.3 is 10.6 Å². The Morgan fingerprint density at radius 1 is 1.03 bits per heavy atom. The molecule has 1 heterocycles. The van der Waals surface area contributed by atoms with Gasteiger partial charge in [-0.2, -0.15) is 4.80 Å². The average Bonchev–Trinajstić information content (AvgIpc) is 3.21. The molecule has 0 saturated carbocycles. The van der Waals surface area contributed by atoms with Gasteiger partial charge in [0.15, 0.2) is 0 Å². The molecule has 3 rings (SSSR count). The van der Waals surface area contributed by atoms with Crippen LogP contribution in [0.2, 0.25) is 0 Å². The molecule has 0 bridgehead atoms. The molecule has 0 fully saturated rings. The van der Waals surface area contributed by atoms with Crippen molar-refractivity contribution in [3.05, 3.63) is 59.7 Å². The molecule has 1 aromatic heterocycles. The molecular formula is C22H26N6O2. The fraction of sp³-hybridized carbons (Fsp3) is 0.318. The van der Waals surface area contributed by atoms with Crippen LogP contribution in [0.4, 0.5) is 5.69 Å². The van der Waals surface area contributed by atoms with Crippen molar-refractivity contribution >= 4 is 17.5 Å². The van der Waals surface area contributed by atoms with Crippen LogP contribution in [0.15, 0.2) is 48.5 Å². The number of tetrazole rings is 1. The maximum atomic E-state index is 12.1. The lowest BCUT2D eigenvalue weighted by atomic mass is 10.0. The monoisotopic (exact) mass is 406 g/mol. The molecule has 3 aromatic rings. The van der Waals surface area contributed by atoms with Gasteiger partial charge in [-0.05, 0) is 34.7 Å². The number of carbonyl (C=O) groups excluding carboxylic acids is 2. The largest absolute Gasteiger partial charge is 0.345 e. The maximum Gasteiger partial charge on any atom is 0.244 e. The Hall–Kier alpha value is -3.55. The molecule has 2 N–H and O–H groups in total. The minimum Gasteiger partial charge on any atom is -0.345 e. The van der Waals surface area contributed by atoms with Crippen LogP contribution in [0, 0.1) is 0 Å². The number of benzene rings is 2. The first-order valence-electron chi connectivity index (χ1n) is 9.99. The quantitative estimate of drug-likeness (QED) is 0.599. The Morgan fingerprint density at radius 2 is 1.77 bits per heavy atom. The van der Waals surface area contributed by atoms with E-state index in [-0.39, 0.29) is 24.9 Å². The third-order valence-corrected chi connectivity index (χ3v) is 4.69. The lowest BCUT2D eigenvalue weighted by molar-refractivity contribution is -0.124. The van der Waals surface area contributed by atoms with E-state index >= 15 is 0 Å². The zero-order valence-corrected chi connectivity index (χ0v) is 17.4. The van der Waals surface area contributed by atoms with Crippen LogP contribution in [-0.2, 0) is 22.6 Å². The number of amides is 2. The molecule has 2 aromatic carbocycles. The Labute approximate surface area is 175 Å². The standard InChI is InChI=1S/C22H26N6O2/c1-4-16-7-5-6-8-19(16)24-20(29)13-23-21(30)14-28-26-22(25-27-28)18-11-9-17(10-12-18)15(2)3/h5-12,15H,4,13-14H2,1-3H3,(H,23,30)(H,24,29). The van der Waals surface area contributed by atoms with Crippen LogP contribution < -0.4 is 10.6 Å². The van der Waals surface area contributed by atoms with Crippen molar-refractivity contribution in [2.24, 2.45) is 0 Å². The van der Waals surface area contributed by atoms with Crippen LogP contribution in [-0.4, -0.2) is 38.6 Å². The number of nitrogens with zero attached hydrogens (tertiary/aromatic N) is 4. The van der Waals surface area contributed by atoms with Crippen LogP contribution in [0.5, 0.6) is 0 Å². The van der Waals surface area contributed by atoms with Gasteiger partial charge in [-0.15, -0.1) is 10.2 Å². The molecule has 0 spiro atoms. The smallest absolute Gasteiger partial charge is 0.244 e. The Kier molecular flexibility index (Phi) is 6.90. The van der Waals surface area contributed by atoms with E-state index in [1.165, 1.54) is 10.4 Å². The molecule has 30 heavy (non-hydrogen) atoms. The summed E-state index contributed by atoms with van der Waals surface area (Å²) >= 11 is 0. The highest BCUT2D eigenvalue weighted by Crippen LogP contribution is 2.19. The molecular weight excluding hydrogens is 380 g/mol. The first-order chi connectivity index (χ1) is 14.5. The summed E-state index contributed by atoms with van der Waals surface area (Å²) in [6.45, 7) is 6.03. The summed E-state index contributed by atoms with van der Waals surface area (Å²) < 4.78 is 0. The highest BCUT2D eigenvalue weighted by atomic mass is 16.2. The Bertz CT molecular complexity index is 1010. The van der Waals surface area contributed by atoms with E-state index in [2.05, 4.69) is 39.9 Å². The van der Waals surface area contributed by atoms with Crippen LogP contribution in [0.25, 0.3) is 11.4 Å². The number of hydrogen-bond acceptors (Lipinski definition) is 5. The average molecular weight is 406 g/mol. The lowest BCUT2D eigenvalue weighted by Gasteiger charge is -2.10. The van der Waals surface area contributed by atoms with E-state index < -0.39 is 0 Å². The predicted molar refractivity (Wildman–Crippen MR) is 115 cm³/mol. The summed E-state index contributed by atoms with van der Waals surface area (Å²) in [7, 11) is 0. The van der Waals surface area contributed by atoms with E-state index in [0.717, 1.165) is 23.2 Å². The highest BCUT2D eigenvalue weighted by Gasteiger charge is 2.12. The van der Waals surface area contributed by atoms with E-state index in [1.807, 2.05) is 55.5 Å². The Morgan fingerprint density at radius 3 is 2.47 bits per heavy atom. The summed E-state index contributed by atoms with van der Waals surface area (Å²) in [5.41, 5.74) is 3.86. The molecule has 0 saturated heterocycles. The van der Waals surface area contributed by atoms with Crippen molar-refractivity contribution in [2.75, 3.05) is 11.9 Å². The molecule has 2 amide bonds. The number of anilines is 1. The fourth-order valence-electron chi connectivity index (χ4n) is 2.95. The molecule has 0 unspecified atom stereocenters. The minimum absolute atomic E-state index is 0.115. The summed E-state index contributed by atoms with van der Waals surface area (Å²) in [5, 5.41) is 17.6. The zero-order chi connectivity index (χ0) is 21.5. The van der Waals surface area contributed by atoms with Crippen molar-refractivity contribution in [3.63, 3.8) is 0 Å². The molecule has 0 atom stereocenters. The van der Waals surface area contributed by atoms with Crippen molar-refractivity contribution in [1.82, 2.24) is 25.5 Å². The molecule has 8 heteroatoms. The fourth-order valence-corrected chi connectivity index (χ4v) is 2.95. The van der Waals surface area contributed by atoms with E-state index in [4.69, 9.17) is 0 Å². The van der Waals surface area contributed by atoms with Crippen LogP contribution >= 0.6 is 0 Å². The molecule has 8 nitrogen and oxygen atoms in total. The highest BCUT2D eigenvalue weighted by molar-refractivity contribution is 5.95. The van der Waals surface area contributed by atoms with Crippen LogP contribution in [0.1, 0.15) is 37.8 Å². The van der Waals surface area contributed by atoms with E-state index in [9.17, 15) is 9.59 Å². The number of para-hydroxylation sites is 1. The van der Waals surface area contributed by atoms with Crippen molar-refractivity contribution < 1.29 is 9.59 Å². The summed E-state index contributed by atoms with van der Waals surface area (Å²) in [5.74, 6) is 0.237. The first-order valence-corrected chi connectivity index (χ1v) is 9.99. The number of carbonyl (C=O) groups is 2. The SMILES string of the molecule is CCc1ccccc1NC(=O)CNC(=O)Cn1nnc(-c2ccc(C(C)C)cc2)n1. The molecule has 0 aliphatic heterocycles. The van der Waals surface area contributed by atoms with Gasteiger partial charge in [-0.1, -0.05) is 63.2 Å². The van der Waals surface area contributed by atoms with Crippen molar-refractivity contribution in [3.8, 4) is 11.4 Å². The van der Waals surface area contributed by atoms with Gasteiger partial charge in [-0.3, -0.25) is 9.59 Å². The number of aromatic nitrogens is 4. The Balaban J connectivity index is 1.51. The molecule has 0 aliphatic carbocycles. The second-order valence-corrected chi connectivity index (χ2v) is 7.26. The number of rotatable bonds is 8. The normalized spacial score (nSPS) is 10.8. The third kappa shape index (κ3) is 5.50. The van der Waals surface area contributed by atoms with Gasteiger partial charge in [0.25, 0.3) is 0 Å². The van der Waals surface area contributed by atoms with Crippen LogP contribution in [0.3, 0.4) is 0 Å². The summed E-state index contributed by atoms with van der Waals surface area (Å²) in [6, 6.07) is 15.5. The summed E-state index contributed by atoms with van der Waals surface area (Å²) in [6.07, 6.45) is 0.809. The van der Waals surface area contributed by atoms with E-state index in [1.54, 1.807) is 0 Å². The van der Waals surface area contributed by atoms with Crippen molar-refractivity contribution in [1.29, 1.82) is 0 Å². The predicted octanol–water partition coefficient (Wildman–Crippen LogP) is 2.78. The van der Waals surface area contributed by atoms with Gasteiger partial charge in [0.2, 0.25) is 17.6 Å².